The van der Waals surface area contributed by atoms with Crippen LogP contribution < -0.4 is 11.1 Å². The highest BCUT2D eigenvalue weighted by molar-refractivity contribution is 9.10. The Balaban J connectivity index is 1.90. The van der Waals surface area contributed by atoms with Crippen molar-refractivity contribution in [3.8, 4) is 0 Å². The minimum absolute atomic E-state index is 0.207. The van der Waals surface area contributed by atoms with Crippen molar-refractivity contribution in [3.63, 3.8) is 0 Å². The molecule has 0 bridgehead atoms. The van der Waals surface area contributed by atoms with E-state index >= 15 is 0 Å². The molecule has 1 unspecified atom stereocenters. The van der Waals surface area contributed by atoms with Crippen LogP contribution in [0.15, 0.2) is 41.1 Å². The second-order valence-electron chi connectivity index (χ2n) is 4.86. The molecular formula is C15H14BrN3O. The third-order valence-electron chi connectivity index (χ3n) is 3.60. The number of nitrogens with two attached hydrogens (primary N) is 1. The van der Waals surface area contributed by atoms with Crippen molar-refractivity contribution in [1.29, 1.82) is 0 Å². The van der Waals surface area contributed by atoms with E-state index in [1.54, 1.807) is 12.3 Å². The third-order valence-corrected chi connectivity index (χ3v) is 4.09. The molecule has 0 spiro atoms. The molecule has 0 radical (unpaired) electrons. The van der Waals surface area contributed by atoms with Crippen molar-refractivity contribution in [2.24, 2.45) is 5.73 Å². The zero-order chi connectivity index (χ0) is 14.1. The van der Waals surface area contributed by atoms with Crippen LogP contribution in [0.1, 0.15) is 33.9 Å². The van der Waals surface area contributed by atoms with Crippen LogP contribution in [-0.4, -0.2) is 10.9 Å². The molecule has 1 aliphatic rings. The van der Waals surface area contributed by atoms with Gasteiger partial charge in [0.05, 0.1) is 17.3 Å². The number of anilines is 1. The van der Waals surface area contributed by atoms with Crippen molar-refractivity contribution in [2.75, 3.05) is 5.32 Å². The van der Waals surface area contributed by atoms with Crippen LogP contribution in [0, 0.1) is 0 Å². The van der Waals surface area contributed by atoms with E-state index in [-0.39, 0.29) is 6.04 Å². The second kappa shape index (κ2) is 5.25. The summed E-state index contributed by atoms with van der Waals surface area (Å²) in [6.45, 7) is 0. The first-order valence-electron chi connectivity index (χ1n) is 6.44. The quantitative estimate of drug-likeness (QED) is 0.908. The molecule has 4 nitrogen and oxygen atoms in total. The number of nitrogens with zero attached hydrogens (tertiary/aromatic N) is 1. The van der Waals surface area contributed by atoms with Crippen LogP contribution in [0.5, 0.6) is 0 Å². The fraction of sp³-hybridized carbons (Fsp3) is 0.200. The third kappa shape index (κ3) is 2.41. The molecule has 5 heteroatoms. The van der Waals surface area contributed by atoms with Crippen molar-refractivity contribution in [3.05, 3.63) is 57.8 Å². The Morgan fingerprint density at radius 3 is 3.05 bits per heavy atom. The van der Waals surface area contributed by atoms with E-state index in [2.05, 4.69) is 38.4 Å². The van der Waals surface area contributed by atoms with E-state index in [1.165, 1.54) is 17.3 Å². The zero-order valence-corrected chi connectivity index (χ0v) is 12.4. The molecule has 102 valence electrons. The van der Waals surface area contributed by atoms with Crippen LogP contribution in [0.3, 0.4) is 0 Å². The number of hydrogen-bond acceptors (Lipinski definition) is 3. The van der Waals surface area contributed by atoms with Crippen LogP contribution in [0.4, 0.5) is 5.69 Å². The lowest BCUT2D eigenvalue weighted by molar-refractivity contribution is 0.100. The minimum atomic E-state index is -0.463. The monoisotopic (exact) mass is 331 g/mol. The van der Waals surface area contributed by atoms with E-state index in [1.807, 2.05) is 6.07 Å². The molecule has 20 heavy (non-hydrogen) atoms. The average molecular weight is 332 g/mol. The van der Waals surface area contributed by atoms with Crippen LogP contribution in [0.2, 0.25) is 0 Å². The molecule has 1 heterocycles. The van der Waals surface area contributed by atoms with Crippen molar-refractivity contribution in [2.45, 2.75) is 18.9 Å². The predicted molar refractivity (Wildman–Crippen MR) is 81.6 cm³/mol. The standard InChI is InChI=1S/C15H14BrN3O/c16-10-2-3-11-9(7-10)1-4-13(11)19-14-5-6-18-8-12(14)15(17)20/h2-3,5-8,13H,1,4H2,(H2,17,20)(H,18,19). The Morgan fingerprint density at radius 2 is 2.25 bits per heavy atom. The normalized spacial score (nSPS) is 16.8. The van der Waals surface area contributed by atoms with E-state index in [4.69, 9.17) is 5.73 Å². The zero-order valence-electron chi connectivity index (χ0n) is 10.8. The second-order valence-corrected chi connectivity index (χ2v) is 5.78. The molecule has 1 amide bonds. The number of carbonyl (C=O) groups excluding carboxylic acids is 1. The fourth-order valence-electron chi connectivity index (χ4n) is 2.64. The molecule has 0 saturated heterocycles. The van der Waals surface area contributed by atoms with Gasteiger partial charge in [0.25, 0.3) is 5.91 Å². The van der Waals surface area contributed by atoms with Gasteiger partial charge in [-0.3, -0.25) is 9.78 Å². The van der Waals surface area contributed by atoms with E-state index in [0.717, 1.165) is 23.0 Å². The van der Waals surface area contributed by atoms with Crippen LogP contribution >= 0.6 is 15.9 Å². The Kier molecular flexibility index (Phi) is 3.44. The lowest BCUT2D eigenvalue weighted by Crippen LogP contribution is -2.16. The number of primary amides is 1. The Bertz CT molecular complexity index is 672. The van der Waals surface area contributed by atoms with Crippen LogP contribution in [0.25, 0.3) is 0 Å². The molecule has 1 atom stereocenters. The summed E-state index contributed by atoms with van der Waals surface area (Å²) in [6.07, 6.45) is 5.20. The predicted octanol–water partition coefficient (Wildman–Crippen LogP) is 3.04. The molecule has 1 aromatic carbocycles. The van der Waals surface area contributed by atoms with Gasteiger partial charge in [-0.1, -0.05) is 22.0 Å². The maximum Gasteiger partial charge on any atom is 0.252 e. The maximum absolute atomic E-state index is 11.4. The van der Waals surface area contributed by atoms with Crippen LogP contribution in [-0.2, 0) is 6.42 Å². The van der Waals surface area contributed by atoms with Gasteiger partial charge in [-0.15, -0.1) is 0 Å². The average Bonchev–Trinajstić information content (AvgIpc) is 2.81. The summed E-state index contributed by atoms with van der Waals surface area (Å²) >= 11 is 3.49. The van der Waals surface area contributed by atoms with Crippen molar-refractivity contribution in [1.82, 2.24) is 4.98 Å². The van der Waals surface area contributed by atoms with E-state index < -0.39 is 5.91 Å². The highest BCUT2D eigenvalue weighted by Crippen LogP contribution is 2.35. The lowest BCUT2D eigenvalue weighted by Gasteiger charge is -2.17. The summed E-state index contributed by atoms with van der Waals surface area (Å²) in [7, 11) is 0. The van der Waals surface area contributed by atoms with Gasteiger partial charge in [-0.25, -0.2) is 0 Å². The van der Waals surface area contributed by atoms with Crippen molar-refractivity contribution >= 4 is 27.5 Å². The molecule has 0 saturated carbocycles. The number of amides is 1. The number of nitrogens with one attached hydrogen (secondary N) is 1. The summed E-state index contributed by atoms with van der Waals surface area (Å²) in [5.41, 5.74) is 9.17. The fourth-order valence-corrected chi connectivity index (χ4v) is 3.05. The number of fused-ring (bicyclic) bond motifs is 1. The van der Waals surface area contributed by atoms with Gasteiger partial charge in [0.2, 0.25) is 0 Å². The van der Waals surface area contributed by atoms with Gasteiger partial charge in [-0.05, 0) is 42.2 Å². The highest BCUT2D eigenvalue weighted by Gasteiger charge is 2.23. The Labute approximate surface area is 125 Å². The summed E-state index contributed by atoms with van der Waals surface area (Å²) in [5.74, 6) is -0.463. The smallest absolute Gasteiger partial charge is 0.252 e. The highest BCUT2D eigenvalue weighted by atomic mass is 79.9. The molecule has 3 N–H and O–H groups in total. The number of aromatic nitrogens is 1. The first-order valence-corrected chi connectivity index (χ1v) is 7.23. The topological polar surface area (TPSA) is 68.0 Å². The SMILES string of the molecule is NC(=O)c1cnccc1NC1CCc2cc(Br)ccc21. The molecule has 0 aliphatic heterocycles. The number of hydrogen-bond donors (Lipinski definition) is 2. The molecule has 3 rings (SSSR count). The number of carbonyl (C=O) groups is 1. The maximum atomic E-state index is 11.4. The van der Waals surface area contributed by atoms with Gasteiger partial charge >= 0.3 is 0 Å². The first kappa shape index (κ1) is 13.1. The van der Waals surface area contributed by atoms with Gasteiger partial charge in [0.1, 0.15) is 0 Å². The molecule has 0 fully saturated rings. The van der Waals surface area contributed by atoms with Gasteiger partial charge in [-0.2, -0.15) is 0 Å². The van der Waals surface area contributed by atoms with Gasteiger partial charge < -0.3 is 11.1 Å². The number of halogens is 1. The summed E-state index contributed by atoms with van der Waals surface area (Å²) in [6, 6.07) is 8.31. The first-order chi connectivity index (χ1) is 9.65. The van der Waals surface area contributed by atoms with E-state index in [9.17, 15) is 4.79 Å². The Morgan fingerprint density at radius 1 is 1.40 bits per heavy atom. The van der Waals surface area contributed by atoms with Gasteiger partial charge in [0, 0.05) is 16.9 Å². The van der Waals surface area contributed by atoms with Crippen molar-refractivity contribution < 1.29 is 4.79 Å². The largest absolute Gasteiger partial charge is 0.377 e. The summed E-state index contributed by atoms with van der Waals surface area (Å²) in [5, 5.41) is 3.41. The number of aryl methyl sites for hydroxylation is 1. The molecule has 1 aromatic heterocycles. The Hall–Kier alpha value is -1.88. The number of pyridine rings is 1. The summed E-state index contributed by atoms with van der Waals surface area (Å²) in [4.78, 5) is 15.4. The van der Waals surface area contributed by atoms with E-state index in [0.29, 0.717) is 5.56 Å². The lowest BCUT2D eigenvalue weighted by atomic mass is 10.1. The minimum Gasteiger partial charge on any atom is -0.377 e. The molecular weight excluding hydrogens is 318 g/mol. The summed E-state index contributed by atoms with van der Waals surface area (Å²) < 4.78 is 1.10. The number of rotatable bonds is 3. The van der Waals surface area contributed by atoms with Gasteiger partial charge in [0.15, 0.2) is 0 Å². The molecule has 2 aromatic rings. The number of benzene rings is 1. The molecule has 1 aliphatic carbocycles.